The van der Waals surface area contributed by atoms with E-state index in [1.165, 1.54) is 0 Å². The number of para-hydroxylation sites is 1. The van der Waals surface area contributed by atoms with Crippen LogP contribution in [0.25, 0.3) is 0 Å². The number of carbonyl (C=O) groups is 4. The number of esters is 1. The Morgan fingerprint density at radius 1 is 0.892 bits per heavy atom. The summed E-state index contributed by atoms with van der Waals surface area (Å²) in [6.07, 6.45) is -0.112. The molecule has 3 amide bonds. The molecule has 1 saturated heterocycles. The molecule has 3 aromatic rings. The van der Waals surface area contributed by atoms with Crippen molar-refractivity contribution >= 4 is 29.4 Å². The zero-order valence-corrected chi connectivity index (χ0v) is 20.8. The van der Waals surface area contributed by atoms with E-state index < -0.39 is 36.2 Å². The summed E-state index contributed by atoms with van der Waals surface area (Å²) in [4.78, 5) is 50.8. The van der Waals surface area contributed by atoms with Crippen LogP contribution in [-0.2, 0) is 23.9 Å². The van der Waals surface area contributed by atoms with Crippen molar-refractivity contribution in [3.8, 4) is 0 Å². The molecule has 190 valence electrons. The zero-order chi connectivity index (χ0) is 26.4. The molecular formula is C29H29N3O5. The Kier molecular flexibility index (Phi) is 7.98. The van der Waals surface area contributed by atoms with Gasteiger partial charge in [0.25, 0.3) is 11.8 Å². The third-order valence-electron chi connectivity index (χ3n) is 6.32. The molecule has 8 heteroatoms. The fraction of sp³-hybridized carbons (Fsp3) is 0.241. The lowest BCUT2D eigenvalue weighted by Gasteiger charge is -2.23. The van der Waals surface area contributed by atoms with Gasteiger partial charge in [-0.05, 0) is 36.1 Å². The summed E-state index contributed by atoms with van der Waals surface area (Å²) in [5.74, 6) is -3.32. The lowest BCUT2D eigenvalue weighted by atomic mass is 9.91. The highest BCUT2D eigenvalue weighted by Crippen LogP contribution is 2.26. The van der Waals surface area contributed by atoms with Gasteiger partial charge in [-0.15, -0.1) is 0 Å². The molecule has 1 aliphatic heterocycles. The van der Waals surface area contributed by atoms with Crippen molar-refractivity contribution < 1.29 is 23.9 Å². The number of ether oxygens (including phenoxy) is 1. The molecule has 3 aromatic carbocycles. The van der Waals surface area contributed by atoms with Crippen LogP contribution in [0.5, 0.6) is 0 Å². The van der Waals surface area contributed by atoms with Crippen LogP contribution in [0.3, 0.4) is 0 Å². The number of aryl methyl sites for hydroxylation is 2. The van der Waals surface area contributed by atoms with Crippen LogP contribution in [0.4, 0.5) is 5.69 Å². The first-order valence-corrected chi connectivity index (χ1v) is 12.1. The fourth-order valence-corrected chi connectivity index (χ4v) is 4.40. The highest BCUT2D eigenvalue weighted by Gasteiger charge is 2.37. The number of hydrazine groups is 1. The Hall–Kier alpha value is -4.46. The number of hydrogen-bond donors (Lipinski definition) is 2. The molecule has 37 heavy (non-hydrogen) atoms. The Morgan fingerprint density at radius 3 is 2.03 bits per heavy atom. The molecule has 0 unspecified atom stereocenters. The van der Waals surface area contributed by atoms with Crippen LogP contribution in [0, 0.1) is 19.8 Å². The van der Waals surface area contributed by atoms with Gasteiger partial charge in [0.2, 0.25) is 5.91 Å². The van der Waals surface area contributed by atoms with Crippen molar-refractivity contribution in [3.63, 3.8) is 0 Å². The number of hydrogen-bond acceptors (Lipinski definition) is 5. The molecule has 1 heterocycles. The van der Waals surface area contributed by atoms with E-state index in [9.17, 15) is 19.2 Å². The van der Waals surface area contributed by atoms with Crippen molar-refractivity contribution in [2.45, 2.75) is 26.2 Å². The standard InChI is InChI=1S/C29H29N3O5/c1-19-10-9-11-20(2)27(19)30-24(33)18-37-29(36)23-16-25(34)32(17-23)31-28(35)26(21-12-5-3-6-13-21)22-14-7-4-8-15-22/h3-15,23,26H,16-18H2,1-2H3,(H,30,33)(H,31,35)/t23-/m1/s1. The van der Waals surface area contributed by atoms with E-state index in [4.69, 9.17) is 4.74 Å². The molecule has 0 bridgehead atoms. The minimum Gasteiger partial charge on any atom is -0.455 e. The second kappa shape index (κ2) is 11.5. The van der Waals surface area contributed by atoms with E-state index in [1.54, 1.807) is 0 Å². The minimum atomic E-state index is -0.785. The number of carbonyl (C=O) groups excluding carboxylic acids is 4. The van der Waals surface area contributed by atoms with Crippen molar-refractivity contribution in [2.75, 3.05) is 18.5 Å². The third-order valence-corrected chi connectivity index (χ3v) is 6.32. The molecule has 1 aliphatic rings. The molecule has 0 aliphatic carbocycles. The molecular weight excluding hydrogens is 470 g/mol. The zero-order valence-electron chi connectivity index (χ0n) is 20.8. The average Bonchev–Trinajstić information content (AvgIpc) is 3.26. The third kappa shape index (κ3) is 6.22. The highest BCUT2D eigenvalue weighted by molar-refractivity contribution is 5.95. The minimum absolute atomic E-state index is 0.0295. The highest BCUT2D eigenvalue weighted by atomic mass is 16.5. The summed E-state index contributed by atoms with van der Waals surface area (Å²) in [6.45, 7) is 3.26. The van der Waals surface area contributed by atoms with E-state index >= 15 is 0 Å². The van der Waals surface area contributed by atoms with E-state index in [-0.39, 0.29) is 18.9 Å². The van der Waals surface area contributed by atoms with Gasteiger partial charge >= 0.3 is 5.97 Å². The average molecular weight is 500 g/mol. The van der Waals surface area contributed by atoms with Crippen LogP contribution < -0.4 is 10.7 Å². The molecule has 1 atom stereocenters. The summed E-state index contributed by atoms with van der Waals surface area (Å²) in [7, 11) is 0. The summed E-state index contributed by atoms with van der Waals surface area (Å²) >= 11 is 0. The number of amides is 3. The van der Waals surface area contributed by atoms with Crippen molar-refractivity contribution in [3.05, 3.63) is 101 Å². The summed E-state index contributed by atoms with van der Waals surface area (Å²) in [6, 6.07) is 24.2. The van der Waals surface area contributed by atoms with Gasteiger partial charge in [0.05, 0.1) is 18.4 Å². The Balaban J connectivity index is 1.35. The predicted octanol–water partition coefficient (Wildman–Crippen LogP) is 3.50. The molecule has 0 saturated carbocycles. The monoisotopic (exact) mass is 499 g/mol. The molecule has 8 nitrogen and oxygen atoms in total. The van der Waals surface area contributed by atoms with Crippen LogP contribution in [0.1, 0.15) is 34.6 Å². The van der Waals surface area contributed by atoms with Gasteiger partial charge < -0.3 is 10.1 Å². The van der Waals surface area contributed by atoms with Gasteiger partial charge in [0.15, 0.2) is 6.61 Å². The second-order valence-corrected chi connectivity index (χ2v) is 9.06. The Labute approximate surface area is 215 Å². The van der Waals surface area contributed by atoms with Gasteiger partial charge in [0, 0.05) is 12.1 Å². The first-order valence-electron chi connectivity index (χ1n) is 12.1. The topological polar surface area (TPSA) is 105 Å². The number of anilines is 1. The van der Waals surface area contributed by atoms with E-state index in [1.807, 2.05) is 92.7 Å². The largest absolute Gasteiger partial charge is 0.455 e. The van der Waals surface area contributed by atoms with Crippen molar-refractivity contribution in [1.29, 1.82) is 0 Å². The van der Waals surface area contributed by atoms with Crippen molar-refractivity contribution in [2.24, 2.45) is 5.92 Å². The molecule has 4 rings (SSSR count). The van der Waals surface area contributed by atoms with Crippen LogP contribution in [-0.4, -0.2) is 41.9 Å². The van der Waals surface area contributed by atoms with Gasteiger partial charge in [-0.25, -0.2) is 0 Å². The number of rotatable bonds is 8. The molecule has 2 N–H and O–H groups in total. The summed E-state index contributed by atoms with van der Waals surface area (Å²) in [5, 5.41) is 3.92. The maximum Gasteiger partial charge on any atom is 0.311 e. The van der Waals surface area contributed by atoms with E-state index in [0.29, 0.717) is 5.69 Å². The molecule has 0 aromatic heterocycles. The predicted molar refractivity (Wildman–Crippen MR) is 138 cm³/mol. The fourth-order valence-electron chi connectivity index (χ4n) is 4.40. The lowest BCUT2D eigenvalue weighted by molar-refractivity contribution is -0.151. The SMILES string of the molecule is Cc1cccc(C)c1NC(=O)COC(=O)[C@@H]1CC(=O)N(NC(=O)C(c2ccccc2)c2ccccc2)C1. The Morgan fingerprint density at radius 2 is 1.46 bits per heavy atom. The Bertz CT molecular complexity index is 1230. The van der Waals surface area contributed by atoms with Gasteiger partial charge in [-0.1, -0.05) is 78.9 Å². The van der Waals surface area contributed by atoms with Gasteiger partial charge in [-0.3, -0.25) is 29.6 Å². The van der Waals surface area contributed by atoms with Crippen LogP contribution >= 0.6 is 0 Å². The maximum absolute atomic E-state index is 13.3. The van der Waals surface area contributed by atoms with E-state index in [0.717, 1.165) is 27.3 Å². The molecule has 1 fully saturated rings. The summed E-state index contributed by atoms with van der Waals surface area (Å²) in [5.41, 5.74) is 6.72. The van der Waals surface area contributed by atoms with Gasteiger partial charge in [-0.2, -0.15) is 0 Å². The van der Waals surface area contributed by atoms with Crippen molar-refractivity contribution in [1.82, 2.24) is 10.4 Å². The van der Waals surface area contributed by atoms with E-state index in [2.05, 4.69) is 10.7 Å². The normalized spacial score (nSPS) is 14.9. The molecule has 0 spiro atoms. The smallest absolute Gasteiger partial charge is 0.311 e. The summed E-state index contributed by atoms with van der Waals surface area (Å²) < 4.78 is 5.18. The van der Waals surface area contributed by atoms with Crippen LogP contribution in [0.2, 0.25) is 0 Å². The van der Waals surface area contributed by atoms with Gasteiger partial charge in [0.1, 0.15) is 0 Å². The maximum atomic E-state index is 13.3. The first-order chi connectivity index (χ1) is 17.8. The number of nitrogens with one attached hydrogen (secondary N) is 2. The number of nitrogens with zero attached hydrogens (tertiary/aromatic N) is 1. The lowest BCUT2D eigenvalue weighted by Crippen LogP contribution is -2.45. The molecule has 0 radical (unpaired) electrons. The second-order valence-electron chi connectivity index (χ2n) is 9.06. The quantitative estimate of drug-likeness (QED) is 0.462. The van der Waals surface area contributed by atoms with Crippen LogP contribution in [0.15, 0.2) is 78.9 Å². The first kappa shape index (κ1) is 25.6. The number of benzene rings is 3.